The first-order chi connectivity index (χ1) is 10.8. The molecule has 2 amide bonds. The highest BCUT2D eigenvalue weighted by atomic mass is 32.1. The molecule has 3 heterocycles. The van der Waals surface area contributed by atoms with Crippen molar-refractivity contribution in [2.24, 2.45) is 0 Å². The van der Waals surface area contributed by atoms with E-state index >= 15 is 0 Å². The maximum Gasteiger partial charge on any atom is 0.315 e. The van der Waals surface area contributed by atoms with Crippen LogP contribution in [-0.4, -0.2) is 35.3 Å². The van der Waals surface area contributed by atoms with Gasteiger partial charge in [-0.15, -0.1) is 11.3 Å². The molecule has 116 valence electrons. The molecule has 0 aliphatic carbocycles. The Morgan fingerprint density at radius 3 is 2.91 bits per heavy atom. The Morgan fingerprint density at radius 1 is 1.32 bits per heavy atom. The number of hydrogen-bond acceptors (Lipinski definition) is 5. The summed E-state index contributed by atoms with van der Waals surface area (Å²) in [4.78, 5) is 21.7. The number of thiophene rings is 1. The van der Waals surface area contributed by atoms with E-state index in [0.717, 1.165) is 29.1 Å². The van der Waals surface area contributed by atoms with Crippen molar-refractivity contribution >= 4 is 17.4 Å². The lowest BCUT2D eigenvalue weighted by Gasteiger charge is -2.23. The monoisotopic (exact) mass is 318 g/mol. The molecule has 22 heavy (non-hydrogen) atoms. The molecule has 7 heteroatoms. The van der Waals surface area contributed by atoms with Crippen molar-refractivity contribution < 1.29 is 9.53 Å². The third-order valence-corrected chi connectivity index (χ3v) is 4.38. The van der Waals surface area contributed by atoms with E-state index in [1.165, 1.54) is 0 Å². The molecule has 0 bridgehead atoms. The van der Waals surface area contributed by atoms with Gasteiger partial charge >= 0.3 is 6.03 Å². The fourth-order valence-corrected chi connectivity index (χ4v) is 3.10. The molecular formula is C15H18N4O2S. The van der Waals surface area contributed by atoms with Crippen LogP contribution < -0.4 is 10.6 Å². The largest absolute Gasteiger partial charge is 0.381 e. The van der Waals surface area contributed by atoms with Gasteiger partial charge < -0.3 is 15.4 Å². The summed E-state index contributed by atoms with van der Waals surface area (Å²) in [6, 6.07) is 3.99. The molecular weight excluding hydrogens is 300 g/mol. The van der Waals surface area contributed by atoms with Crippen LogP contribution in [-0.2, 0) is 11.3 Å². The summed E-state index contributed by atoms with van der Waals surface area (Å²) in [6.07, 6.45) is 5.03. The van der Waals surface area contributed by atoms with Gasteiger partial charge in [-0.2, -0.15) is 0 Å². The molecule has 3 rings (SSSR count). The van der Waals surface area contributed by atoms with Crippen molar-refractivity contribution in [3.05, 3.63) is 35.6 Å². The van der Waals surface area contributed by atoms with E-state index in [9.17, 15) is 4.79 Å². The van der Waals surface area contributed by atoms with Crippen molar-refractivity contribution in [2.75, 3.05) is 13.2 Å². The highest BCUT2D eigenvalue weighted by Gasteiger charge is 2.16. The molecule has 2 N–H and O–H groups in total. The van der Waals surface area contributed by atoms with Crippen LogP contribution in [0.25, 0.3) is 10.6 Å². The van der Waals surface area contributed by atoms with Crippen molar-refractivity contribution in [1.82, 2.24) is 20.6 Å². The molecule has 1 fully saturated rings. The predicted molar refractivity (Wildman–Crippen MR) is 84.6 cm³/mol. The Morgan fingerprint density at radius 2 is 2.14 bits per heavy atom. The van der Waals surface area contributed by atoms with Crippen LogP contribution in [0, 0.1) is 0 Å². The van der Waals surface area contributed by atoms with Crippen molar-refractivity contribution in [3.63, 3.8) is 0 Å². The lowest BCUT2D eigenvalue weighted by Crippen LogP contribution is -2.44. The number of hydrogen-bond donors (Lipinski definition) is 2. The predicted octanol–water partition coefficient (Wildman–Crippen LogP) is 2.18. The number of urea groups is 1. The number of rotatable bonds is 4. The molecule has 1 aliphatic rings. The van der Waals surface area contributed by atoms with Gasteiger partial charge in [0.15, 0.2) is 0 Å². The summed E-state index contributed by atoms with van der Waals surface area (Å²) in [5.74, 6) is 0. The lowest BCUT2D eigenvalue weighted by molar-refractivity contribution is 0.0800. The minimum absolute atomic E-state index is 0.172. The summed E-state index contributed by atoms with van der Waals surface area (Å²) >= 11 is 1.61. The van der Waals surface area contributed by atoms with Gasteiger partial charge in [-0.3, -0.25) is 9.97 Å². The maximum absolute atomic E-state index is 12.0. The lowest BCUT2D eigenvalue weighted by atomic mass is 10.1. The zero-order chi connectivity index (χ0) is 15.2. The van der Waals surface area contributed by atoms with Crippen LogP contribution in [0.4, 0.5) is 4.79 Å². The molecule has 1 saturated heterocycles. The van der Waals surface area contributed by atoms with E-state index in [2.05, 4.69) is 20.6 Å². The third kappa shape index (κ3) is 3.80. The molecule has 0 atom stereocenters. The van der Waals surface area contributed by atoms with E-state index in [-0.39, 0.29) is 12.1 Å². The van der Waals surface area contributed by atoms with Crippen LogP contribution in [0.15, 0.2) is 29.9 Å². The number of carbonyl (C=O) groups is 1. The Balaban J connectivity index is 1.58. The van der Waals surface area contributed by atoms with Crippen LogP contribution in [0.3, 0.4) is 0 Å². The Labute approximate surface area is 132 Å². The second-order valence-electron chi connectivity index (χ2n) is 5.04. The van der Waals surface area contributed by atoms with Gasteiger partial charge in [-0.1, -0.05) is 6.07 Å². The second kappa shape index (κ2) is 7.33. The van der Waals surface area contributed by atoms with E-state index < -0.39 is 0 Å². The van der Waals surface area contributed by atoms with Crippen molar-refractivity contribution in [1.29, 1.82) is 0 Å². The van der Waals surface area contributed by atoms with Crippen LogP contribution in [0.5, 0.6) is 0 Å². The van der Waals surface area contributed by atoms with Gasteiger partial charge in [-0.25, -0.2) is 4.79 Å². The fourth-order valence-electron chi connectivity index (χ4n) is 2.36. The number of nitrogens with one attached hydrogen (secondary N) is 2. The molecule has 2 aromatic heterocycles. The SMILES string of the molecule is O=C(NCc1nccnc1-c1cccs1)NC1CCOCC1. The van der Waals surface area contributed by atoms with E-state index in [1.807, 2.05) is 17.5 Å². The molecule has 6 nitrogen and oxygen atoms in total. The molecule has 0 spiro atoms. The number of amides is 2. The summed E-state index contributed by atoms with van der Waals surface area (Å²) in [6.45, 7) is 1.77. The second-order valence-corrected chi connectivity index (χ2v) is 5.99. The standard InChI is InChI=1S/C15H18N4O2S/c20-15(19-11-3-7-21-8-4-11)18-10-12-14(17-6-5-16-12)13-2-1-9-22-13/h1-2,5-6,9,11H,3-4,7-8,10H2,(H2,18,19,20). The summed E-state index contributed by atoms with van der Waals surface area (Å²) in [5, 5.41) is 7.83. The third-order valence-electron chi connectivity index (χ3n) is 3.50. The first-order valence-electron chi connectivity index (χ1n) is 7.29. The molecule has 1 aliphatic heterocycles. The van der Waals surface area contributed by atoms with Gasteiger partial charge in [0.25, 0.3) is 0 Å². The average molecular weight is 318 g/mol. The smallest absolute Gasteiger partial charge is 0.315 e. The zero-order valence-electron chi connectivity index (χ0n) is 12.1. The highest BCUT2D eigenvalue weighted by molar-refractivity contribution is 7.13. The van der Waals surface area contributed by atoms with Crippen molar-refractivity contribution in [3.8, 4) is 10.6 Å². The molecule has 0 saturated carbocycles. The fraction of sp³-hybridized carbons (Fsp3) is 0.400. The number of aromatic nitrogens is 2. The molecule has 0 aromatic carbocycles. The maximum atomic E-state index is 12.0. The Hall–Kier alpha value is -1.99. The van der Waals surface area contributed by atoms with Crippen LogP contribution >= 0.6 is 11.3 Å². The minimum atomic E-state index is -0.172. The number of carbonyl (C=O) groups excluding carboxylic acids is 1. The van der Waals surface area contributed by atoms with Crippen LogP contribution in [0.1, 0.15) is 18.5 Å². The van der Waals surface area contributed by atoms with Crippen LogP contribution in [0.2, 0.25) is 0 Å². The van der Waals surface area contributed by atoms with Gasteiger partial charge in [0, 0.05) is 31.6 Å². The van der Waals surface area contributed by atoms with E-state index in [1.54, 1.807) is 23.7 Å². The van der Waals surface area contributed by atoms with Gasteiger partial charge in [0.1, 0.15) is 5.69 Å². The van der Waals surface area contributed by atoms with E-state index in [4.69, 9.17) is 4.74 Å². The Kier molecular flexibility index (Phi) is 4.97. The Bertz CT molecular complexity index is 612. The van der Waals surface area contributed by atoms with Gasteiger partial charge in [0.05, 0.1) is 17.1 Å². The van der Waals surface area contributed by atoms with Gasteiger partial charge in [0.2, 0.25) is 0 Å². The minimum Gasteiger partial charge on any atom is -0.381 e. The summed E-state index contributed by atoms with van der Waals surface area (Å²) in [7, 11) is 0. The van der Waals surface area contributed by atoms with Gasteiger partial charge in [-0.05, 0) is 24.3 Å². The first kappa shape index (κ1) is 14.9. The molecule has 2 aromatic rings. The van der Waals surface area contributed by atoms with E-state index in [0.29, 0.717) is 19.8 Å². The first-order valence-corrected chi connectivity index (χ1v) is 8.17. The van der Waals surface area contributed by atoms with Crippen molar-refractivity contribution in [2.45, 2.75) is 25.4 Å². The quantitative estimate of drug-likeness (QED) is 0.906. The topological polar surface area (TPSA) is 76.1 Å². The number of nitrogens with zero attached hydrogens (tertiary/aromatic N) is 2. The molecule has 0 radical (unpaired) electrons. The summed E-state index contributed by atoms with van der Waals surface area (Å²) < 4.78 is 5.28. The average Bonchev–Trinajstić information content (AvgIpc) is 3.08. The summed E-state index contributed by atoms with van der Waals surface area (Å²) in [5.41, 5.74) is 1.59. The normalized spacial score (nSPS) is 15.5. The highest BCUT2D eigenvalue weighted by Crippen LogP contribution is 2.24. The zero-order valence-corrected chi connectivity index (χ0v) is 12.9. The molecule has 0 unspecified atom stereocenters. The number of ether oxygens (including phenoxy) is 1.